The van der Waals surface area contributed by atoms with Gasteiger partial charge in [0.05, 0.1) is 5.56 Å². The maximum Gasteiger partial charge on any atom is 0.253 e. The number of para-hydroxylation sites is 1. The summed E-state index contributed by atoms with van der Waals surface area (Å²) in [6.07, 6.45) is 4.27. The first-order chi connectivity index (χ1) is 12.3. The molecule has 0 radical (unpaired) electrons. The first-order valence-electron chi connectivity index (χ1n) is 9.78. The number of rotatable bonds is 5. The van der Waals surface area contributed by atoms with Crippen molar-refractivity contribution in [2.75, 3.05) is 24.5 Å². The van der Waals surface area contributed by atoms with E-state index in [1.54, 1.807) is 0 Å². The highest BCUT2D eigenvalue weighted by molar-refractivity contribution is 5.99. The largest absolute Gasteiger partial charge is 0.371 e. The highest BCUT2D eigenvalue weighted by Gasteiger charge is 2.28. The van der Waals surface area contributed by atoms with E-state index in [9.17, 15) is 9.59 Å². The molecule has 1 aromatic rings. The lowest BCUT2D eigenvalue weighted by atomic mass is 9.94. The van der Waals surface area contributed by atoms with Gasteiger partial charge in [0.15, 0.2) is 0 Å². The summed E-state index contributed by atoms with van der Waals surface area (Å²) in [5, 5.41) is 6.23. The van der Waals surface area contributed by atoms with E-state index in [0.29, 0.717) is 5.92 Å². The minimum Gasteiger partial charge on any atom is -0.371 e. The first-order valence-corrected chi connectivity index (χ1v) is 9.78. The molecule has 0 bridgehead atoms. The average Bonchev–Trinajstić information content (AvgIpc) is 3.44. The molecule has 0 unspecified atom stereocenters. The summed E-state index contributed by atoms with van der Waals surface area (Å²) >= 11 is 0. The van der Waals surface area contributed by atoms with Gasteiger partial charge in [-0.1, -0.05) is 32.9 Å². The number of anilines is 1. The molecule has 1 aromatic carbocycles. The van der Waals surface area contributed by atoms with Gasteiger partial charge in [-0.25, -0.2) is 0 Å². The van der Waals surface area contributed by atoms with Gasteiger partial charge in [0.25, 0.3) is 5.91 Å². The van der Waals surface area contributed by atoms with Gasteiger partial charge in [-0.15, -0.1) is 0 Å². The van der Waals surface area contributed by atoms with Crippen LogP contribution in [0.3, 0.4) is 0 Å². The van der Waals surface area contributed by atoms with E-state index in [2.05, 4.69) is 15.5 Å². The van der Waals surface area contributed by atoms with Crippen LogP contribution in [0.25, 0.3) is 0 Å². The fraction of sp³-hybridized carbons (Fsp3) is 0.619. The monoisotopic (exact) mass is 357 g/mol. The molecule has 1 heterocycles. The number of carbonyl (C=O) groups is 2. The van der Waals surface area contributed by atoms with Crippen LogP contribution >= 0.6 is 0 Å². The van der Waals surface area contributed by atoms with Gasteiger partial charge in [0.2, 0.25) is 5.91 Å². The Bertz CT molecular complexity index is 653. The minimum absolute atomic E-state index is 0.0238. The van der Waals surface area contributed by atoms with E-state index in [1.165, 1.54) is 12.8 Å². The van der Waals surface area contributed by atoms with E-state index in [1.807, 2.05) is 45.0 Å². The van der Waals surface area contributed by atoms with Crippen LogP contribution in [-0.4, -0.2) is 37.5 Å². The van der Waals surface area contributed by atoms with E-state index < -0.39 is 0 Å². The molecule has 5 heteroatoms. The van der Waals surface area contributed by atoms with Gasteiger partial charge >= 0.3 is 0 Å². The third-order valence-electron chi connectivity index (χ3n) is 5.25. The van der Waals surface area contributed by atoms with Gasteiger partial charge in [0, 0.05) is 36.8 Å². The fourth-order valence-corrected chi connectivity index (χ4v) is 3.26. The van der Waals surface area contributed by atoms with Crippen molar-refractivity contribution in [2.24, 2.45) is 11.3 Å². The smallest absolute Gasteiger partial charge is 0.253 e. The highest BCUT2D eigenvalue weighted by atomic mass is 16.2. The van der Waals surface area contributed by atoms with Crippen LogP contribution in [0.4, 0.5) is 5.69 Å². The van der Waals surface area contributed by atoms with Crippen molar-refractivity contribution < 1.29 is 9.59 Å². The number of nitrogens with zero attached hydrogens (tertiary/aromatic N) is 1. The first kappa shape index (κ1) is 18.7. The molecule has 0 aromatic heterocycles. The Morgan fingerprint density at radius 3 is 2.35 bits per heavy atom. The van der Waals surface area contributed by atoms with E-state index in [0.717, 1.165) is 43.7 Å². The molecule has 0 spiro atoms. The van der Waals surface area contributed by atoms with Crippen molar-refractivity contribution >= 4 is 17.5 Å². The van der Waals surface area contributed by atoms with Crippen LogP contribution in [0.1, 0.15) is 56.8 Å². The molecule has 3 rings (SSSR count). The average molecular weight is 357 g/mol. The third-order valence-corrected chi connectivity index (χ3v) is 5.25. The number of benzene rings is 1. The normalized spacial score (nSPS) is 18.5. The molecule has 5 nitrogen and oxygen atoms in total. The Balaban J connectivity index is 1.59. The third kappa shape index (κ3) is 4.77. The molecular formula is C21H31N3O2. The predicted molar refractivity (Wildman–Crippen MR) is 104 cm³/mol. The second-order valence-electron chi connectivity index (χ2n) is 8.66. The van der Waals surface area contributed by atoms with E-state index in [4.69, 9.17) is 0 Å². The van der Waals surface area contributed by atoms with Crippen molar-refractivity contribution in [1.29, 1.82) is 0 Å². The van der Waals surface area contributed by atoms with Crippen molar-refractivity contribution in [1.82, 2.24) is 10.6 Å². The van der Waals surface area contributed by atoms with Crippen molar-refractivity contribution in [3.8, 4) is 0 Å². The summed E-state index contributed by atoms with van der Waals surface area (Å²) in [5.41, 5.74) is 1.40. The van der Waals surface area contributed by atoms with Crippen LogP contribution in [0.2, 0.25) is 0 Å². The summed E-state index contributed by atoms with van der Waals surface area (Å²) in [6, 6.07) is 8.06. The fourth-order valence-electron chi connectivity index (χ4n) is 3.26. The summed E-state index contributed by atoms with van der Waals surface area (Å²) in [7, 11) is 0. The summed E-state index contributed by atoms with van der Waals surface area (Å²) in [4.78, 5) is 27.0. The van der Waals surface area contributed by atoms with Crippen LogP contribution in [0.15, 0.2) is 24.3 Å². The lowest BCUT2D eigenvalue weighted by Gasteiger charge is -2.35. The van der Waals surface area contributed by atoms with Gasteiger partial charge in [-0.05, 0) is 43.7 Å². The molecule has 2 fully saturated rings. The molecule has 1 aliphatic carbocycles. The SMILES string of the molecule is CC(C)(C)C(=O)NC1CCN(c2ccccc2C(=O)NCC2CC2)CC1. The molecule has 26 heavy (non-hydrogen) atoms. The summed E-state index contributed by atoms with van der Waals surface area (Å²) < 4.78 is 0. The minimum atomic E-state index is -0.358. The van der Waals surface area contributed by atoms with Crippen molar-refractivity contribution in [2.45, 2.75) is 52.5 Å². The second kappa shape index (κ2) is 7.68. The Kier molecular flexibility index (Phi) is 5.54. The zero-order valence-corrected chi connectivity index (χ0v) is 16.2. The van der Waals surface area contributed by atoms with Crippen molar-refractivity contribution in [3.63, 3.8) is 0 Å². The van der Waals surface area contributed by atoms with Crippen LogP contribution < -0.4 is 15.5 Å². The number of hydrogen-bond donors (Lipinski definition) is 2. The molecule has 2 amide bonds. The number of amides is 2. The molecule has 0 atom stereocenters. The van der Waals surface area contributed by atoms with Gasteiger partial charge in [-0.2, -0.15) is 0 Å². The van der Waals surface area contributed by atoms with E-state index >= 15 is 0 Å². The number of piperidine rings is 1. The Morgan fingerprint density at radius 1 is 1.08 bits per heavy atom. The lowest BCUT2D eigenvalue weighted by molar-refractivity contribution is -0.129. The van der Waals surface area contributed by atoms with Crippen LogP contribution in [-0.2, 0) is 4.79 Å². The van der Waals surface area contributed by atoms with Gasteiger partial charge in [-0.3, -0.25) is 9.59 Å². The molecule has 1 aliphatic heterocycles. The summed E-state index contributed by atoms with van der Waals surface area (Å²) in [6.45, 7) is 8.30. The topological polar surface area (TPSA) is 61.4 Å². The standard InChI is InChI=1S/C21H31N3O2/c1-21(2,3)20(26)23-16-10-12-24(13-11-16)18-7-5-4-6-17(18)19(25)22-14-15-8-9-15/h4-7,15-16H,8-14H2,1-3H3,(H,22,25)(H,23,26). The zero-order chi connectivity index (χ0) is 18.7. The quantitative estimate of drug-likeness (QED) is 0.852. The maximum atomic E-state index is 12.6. The highest BCUT2D eigenvalue weighted by Crippen LogP contribution is 2.28. The molecule has 1 saturated heterocycles. The Morgan fingerprint density at radius 2 is 1.73 bits per heavy atom. The van der Waals surface area contributed by atoms with Crippen LogP contribution in [0, 0.1) is 11.3 Å². The van der Waals surface area contributed by atoms with Crippen LogP contribution in [0.5, 0.6) is 0 Å². The van der Waals surface area contributed by atoms with E-state index in [-0.39, 0.29) is 23.3 Å². The molecular weight excluding hydrogens is 326 g/mol. The lowest BCUT2D eigenvalue weighted by Crippen LogP contribution is -2.48. The van der Waals surface area contributed by atoms with Gasteiger partial charge in [0.1, 0.15) is 0 Å². The van der Waals surface area contributed by atoms with Gasteiger partial charge < -0.3 is 15.5 Å². The maximum absolute atomic E-state index is 12.6. The molecule has 2 N–H and O–H groups in total. The number of carbonyl (C=O) groups excluding carboxylic acids is 2. The molecule has 142 valence electrons. The number of nitrogens with one attached hydrogen (secondary N) is 2. The number of hydrogen-bond acceptors (Lipinski definition) is 3. The molecule has 1 saturated carbocycles. The molecule has 2 aliphatic rings. The Hall–Kier alpha value is -2.04. The summed E-state index contributed by atoms with van der Waals surface area (Å²) in [5.74, 6) is 0.805. The Labute approximate surface area is 156 Å². The predicted octanol–water partition coefficient (Wildman–Crippen LogP) is 2.96. The van der Waals surface area contributed by atoms with Crippen molar-refractivity contribution in [3.05, 3.63) is 29.8 Å². The second-order valence-corrected chi connectivity index (χ2v) is 8.66. The zero-order valence-electron chi connectivity index (χ0n) is 16.2.